The number of rotatable bonds is 4. The van der Waals surface area contributed by atoms with Crippen molar-refractivity contribution < 1.29 is 9.84 Å². The van der Waals surface area contributed by atoms with Gasteiger partial charge in [0.15, 0.2) is 0 Å². The maximum atomic E-state index is 10.8. The lowest BCUT2D eigenvalue weighted by molar-refractivity contribution is 0.129. The van der Waals surface area contributed by atoms with E-state index >= 15 is 0 Å². The molecular formula is C18H20N2O2. The third-order valence-corrected chi connectivity index (χ3v) is 4.17. The van der Waals surface area contributed by atoms with Gasteiger partial charge in [0, 0.05) is 11.6 Å². The SMILES string of the molecule is C=CC1=CN[C@@H]([C@H](O)c2ccnc3ccc(OC)cc23)CC1. The van der Waals surface area contributed by atoms with Crippen LogP contribution in [0.15, 0.2) is 54.9 Å². The van der Waals surface area contributed by atoms with E-state index in [2.05, 4.69) is 16.9 Å². The van der Waals surface area contributed by atoms with Gasteiger partial charge in [0.1, 0.15) is 5.75 Å². The van der Waals surface area contributed by atoms with Crippen LogP contribution in [0.2, 0.25) is 0 Å². The molecule has 0 unspecified atom stereocenters. The van der Waals surface area contributed by atoms with Gasteiger partial charge in [-0.2, -0.15) is 0 Å². The number of aliphatic hydroxyl groups is 1. The number of ether oxygens (including phenoxy) is 1. The van der Waals surface area contributed by atoms with Gasteiger partial charge in [0.25, 0.3) is 0 Å². The molecule has 2 heterocycles. The summed E-state index contributed by atoms with van der Waals surface area (Å²) >= 11 is 0. The number of aliphatic hydroxyl groups excluding tert-OH is 1. The highest BCUT2D eigenvalue weighted by atomic mass is 16.5. The van der Waals surface area contributed by atoms with Crippen molar-refractivity contribution in [3.05, 3.63) is 60.5 Å². The van der Waals surface area contributed by atoms with Crippen LogP contribution in [0.1, 0.15) is 24.5 Å². The largest absolute Gasteiger partial charge is 0.497 e. The maximum absolute atomic E-state index is 10.8. The Morgan fingerprint density at radius 2 is 2.32 bits per heavy atom. The van der Waals surface area contributed by atoms with E-state index in [-0.39, 0.29) is 6.04 Å². The molecule has 4 heteroatoms. The molecule has 0 amide bonds. The zero-order chi connectivity index (χ0) is 15.5. The zero-order valence-electron chi connectivity index (χ0n) is 12.6. The fourth-order valence-electron chi connectivity index (χ4n) is 2.85. The second kappa shape index (κ2) is 6.20. The van der Waals surface area contributed by atoms with Gasteiger partial charge in [0.2, 0.25) is 0 Å². The Labute approximate surface area is 130 Å². The van der Waals surface area contributed by atoms with Gasteiger partial charge in [-0.15, -0.1) is 0 Å². The molecule has 4 nitrogen and oxygen atoms in total. The van der Waals surface area contributed by atoms with E-state index in [1.54, 1.807) is 13.3 Å². The lowest BCUT2D eigenvalue weighted by Gasteiger charge is -2.28. The molecular weight excluding hydrogens is 276 g/mol. The molecule has 1 aromatic carbocycles. The number of pyridine rings is 1. The van der Waals surface area contributed by atoms with Gasteiger partial charge in [0.05, 0.1) is 24.8 Å². The summed E-state index contributed by atoms with van der Waals surface area (Å²) in [5.74, 6) is 0.763. The van der Waals surface area contributed by atoms with E-state index in [9.17, 15) is 5.11 Å². The maximum Gasteiger partial charge on any atom is 0.119 e. The predicted octanol–water partition coefficient (Wildman–Crippen LogP) is 3.10. The second-order valence-corrected chi connectivity index (χ2v) is 5.46. The Bertz CT molecular complexity index is 724. The molecule has 3 rings (SSSR count). The molecule has 0 fully saturated rings. The summed E-state index contributed by atoms with van der Waals surface area (Å²) in [5.41, 5.74) is 2.90. The van der Waals surface area contributed by atoms with Crippen LogP contribution in [0.5, 0.6) is 5.75 Å². The average Bonchev–Trinajstić information content (AvgIpc) is 2.60. The fraction of sp³-hybridized carbons (Fsp3) is 0.278. The molecule has 1 aliphatic rings. The molecule has 22 heavy (non-hydrogen) atoms. The van der Waals surface area contributed by atoms with Crippen molar-refractivity contribution in [1.82, 2.24) is 10.3 Å². The molecule has 0 saturated carbocycles. The van der Waals surface area contributed by atoms with Crippen LogP contribution < -0.4 is 10.1 Å². The van der Waals surface area contributed by atoms with Gasteiger partial charge in [-0.1, -0.05) is 12.7 Å². The van der Waals surface area contributed by atoms with Crippen LogP contribution in [0.25, 0.3) is 10.9 Å². The van der Waals surface area contributed by atoms with Gasteiger partial charge >= 0.3 is 0 Å². The summed E-state index contributed by atoms with van der Waals surface area (Å²) < 4.78 is 5.29. The van der Waals surface area contributed by atoms with Crippen LogP contribution in [-0.4, -0.2) is 23.2 Å². The molecule has 2 N–H and O–H groups in total. The first-order valence-corrected chi connectivity index (χ1v) is 7.41. The molecule has 1 aromatic heterocycles. The molecule has 2 atom stereocenters. The normalized spacial score (nSPS) is 19.2. The topological polar surface area (TPSA) is 54.4 Å². The van der Waals surface area contributed by atoms with Crippen LogP contribution in [0, 0.1) is 0 Å². The summed E-state index contributed by atoms with van der Waals surface area (Å²) in [6, 6.07) is 7.58. The first-order valence-electron chi connectivity index (χ1n) is 7.41. The molecule has 0 aliphatic carbocycles. The van der Waals surface area contributed by atoms with Gasteiger partial charge in [-0.25, -0.2) is 0 Å². The molecule has 0 bridgehead atoms. The van der Waals surface area contributed by atoms with Crippen molar-refractivity contribution in [3.8, 4) is 5.75 Å². The minimum Gasteiger partial charge on any atom is -0.497 e. The van der Waals surface area contributed by atoms with E-state index in [1.807, 2.05) is 36.5 Å². The monoisotopic (exact) mass is 296 g/mol. The van der Waals surface area contributed by atoms with Crippen LogP contribution in [0.3, 0.4) is 0 Å². The number of aromatic nitrogens is 1. The van der Waals surface area contributed by atoms with Crippen LogP contribution in [-0.2, 0) is 0 Å². The quantitative estimate of drug-likeness (QED) is 0.910. The van der Waals surface area contributed by atoms with E-state index in [0.717, 1.165) is 35.1 Å². The second-order valence-electron chi connectivity index (χ2n) is 5.46. The molecule has 0 radical (unpaired) electrons. The standard InChI is InChI=1S/C18H20N2O2/c1-3-12-4-6-17(20-11-12)18(21)14-8-9-19-16-7-5-13(22-2)10-15(14)16/h3,5,7-11,17-18,20-21H,1,4,6H2,2H3/t17-,18-/m1/s1. The highest BCUT2D eigenvalue weighted by molar-refractivity contribution is 5.83. The summed E-state index contributed by atoms with van der Waals surface area (Å²) in [6.07, 6.45) is 6.72. The molecule has 1 aliphatic heterocycles. The molecule has 2 aromatic rings. The minimum atomic E-state index is -0.597. The van der Waals surface area contributed by atoms with Crippen LogP contribution in [0.4, 0.5) is 0 Å². The number of fused-ring (bicyclic) bond motifs is 1. The van der Waals surface area contributed by atoms with Crippen molar-refractivity contribution in [3.63, 3.8) is 0 Å². The summed E-state index contributed by atoms with van der Waals surface area (Å²) in [7, 11) is 1.64. The van der Waals surface area contributed by atoms with E-state index < -0.39 is 6.10 Å². The van der Waals surface area contributed by atoms with E-state index in [1.165, 1.54) is 5.57 Å². The molecule has 0 spiro atoms. The lowest BCUT2D eigenvalue weighted by Crippen LogP contribution is -2.34. The third kappa shape index (κ3) is 2.70. The zero-order valence-corrected chi connectivity index (χ0v) is 12.6. The van der Waals surface area contributed by atoms with Gasteiger partial charge in [-0.3, -0.25) is 4.98 Å². The number of methoxy groups -OCH3 is 1. The Balaban J connectivity index is 1.95. The first-order chi connectivity index (χ1) is 10.7. The summed E-state index contributed by atoms with van der Waals surface area (Å²) in [5, 5.41) is 15.0. The van der Waals surface area contributed by atoms with Crippen molar-refractivity contribution in [2.24, 2.45) is 0 Å². The lowest BCUT2D eigenvalue weighted by atomic mass is 9.92. The van der Waals surface area contributed by atoms with Crippen LogP contribution >= 0.6 is 0 Å². The van der Waals surface area contributed by atoms with Gasteiger partial charge in [-0.05, 0) is 54.4 Å². The number of hydrogen-bond acceptors (Lipinski definition) is 4. The minimum absolute atomic E-state index is 0.0134. The van der Waals surface area contributed by atoms with E-state index in [4.69, 9.17) is 4.74 Å². The molecule has 0 saturated heterocycles. The fourth-order valence-corrected chi connectivity index (χ4v) is 2.85. The Kier molecular flexibility index (Phi) is 4.11. The smallest absolute Gasteiger partial charge is 0.119 e. The number of hydrogen-bond donors (Lipinski definition) is 2. The Morgan fingerprint density at radius 1 is 1.45 bits per heavy atom. The summed E-state index contributed by atoms with van der Waals surface area (Å²) in [4.78, 5) is 4.36. The summed E-state index contributed by atoms with van der Waals surface area (Å²) in [6.45, 7) is 3.78. The van der Waals surface area contributed by atoms with E-state index in [0.29, 0.717) is 0 Å². The number of nitrogens with one attached hydrogen (secondary N) is 1. The Morgan fingerprint density at radius 3 is 3.00 bits per heavy atom. The highest BCUT2D eigenvalue weighted by Crippen LogP contribution is 2.30. The van der Waals surface area contributed by atoms with Crippen molar-refractivity contribution in [2.45, 2.75) is 25.0 Å². The number of benzene rings is 1. The van der Waals surface area contributed by atoms with Crippen molar-refractivity contribution in [2.75, 3.05) is 7.11 Å². The van der Waals surface area contributed by atoms with Crippen molar-refractivity contribution in [1.29, 1.82) is 0 Å². The van der Waals surface area contributed by atoms with Crippen molar-refractivity contribution >= 4 is 10.9 Å². The Hall–Kier alpha value is -2.33. The number of nitrogens with zero attached hydrogens (tertiary/aromatic N) is 1. The first kappa shape index (κ1) is 14.6. The number of allylic oxidation sites excluding steroid dienone is 2. The predicted molar refractivity (Wildman–Crippen MR) is 87.7 cm³/mol. The third-order valence-electron chi connectivity index (χ3n) is 4.17. The van der Waals surface area contributed by atoms with Gasteiger partial charge < -0.3 is 15.2 Å². The average molecular weight is 296 g/mol. The highest BCUT2D eigenvalue weighted by Gasteiger charge is 2.24. The molecule has 114 valence electrons.